The molecular formula is C24H30O4. The Kier molecular flexibility index (Phi) is 6.18. The molecule has 1 unspecified atom stereocenters. The first kappa shape index (κ1) is 19.3. The fourth-order valence-corrected chi connectivity index (χ4v) is 4.19. The highest BCUT2D eigenvalue weighted by Crippen LogP contribution is 2.45. The van der Waals surface area contributed by atoms with Crippen LogP contribution in [0.15, 0.2) is 48.5 Å². The molecule has 2 aromatic rings. The summed E-state index contributed by atoms with van der Waals surface area (Å²) in [6.07, 6.45) is 6.50. The molecule has 4 nitrogen and oxygen atoms in total. The lowest BCUT2D eigenvalue weighted by Crippen LogP contribution is -2.30. The summed E-state index contributed by atoms with van der Waals surface area (Å²) in [7, 11) is 0. The van der Waals surface area contributed by atoms with Gasteiger partial charge in [0.25, 0.3) is 0 Å². The second-order valence-corrected chi connectivity index (χ2v) is 7.71. The first-order chi connectivity index (χ1) is 13.8. The molecule has 1 heterocycles. The van der Waals surface area contributed by atoms with Crippen molar-refractivity contribution in [3.8, 4) is 11.5 Å². The summed E-state index contributed by atoms with van der Waals surface area (Å²) in [6, 6.07) is 17.3. The topological polar surface area (TPSA) is 40.2 Å². The van der Waals surface area contributed by atoms with Crippen molar-refractivity contribution in [2.24, 2.45) is 0 Å². The van der Waals surface area contributed by atoms with E-state index in [0.29, 0.717) is 20.0 Å². The van der Waals surface area contributed by atoms with E-state index in [1.807, 2.05) is 6.92 Å². The maximum atomic E-state index is 5.82. The van der Waals surface area contributed by atoms with E-state index in [0.717, 1.165) is 18.1 Å². The Labute approximate surface area is 167 Å². The molecule has 1 aliphatic heterocycles. The van der Waals surface area contributed by atoms with Gasteiger partial charge < -0.3 is 18.9 Å². The van der Waals surface area contributed by atoms with Crippen LogP contribution < -0.4 is 9.47 Å². The number of ether oxygens (including phenoxy) is 4. The van der Waals surface area contributed by atoms with Gasteiger partial charge in [-0.1, -0.05) is 43.5 Å². The van der Waals surface area contributed by atoms with E-state index in [-0.39, 0.29) is 11.5 Å². The van der Waals surface area contributed by atoms with E-state index in [4.69, 9.17) is 18.9 Å². The molecule has 150 valence electrons. The van der Waals surface area contributed by atoms with Crippen LogP contribution in [0, 0.1) is 0 Å². The number of benzene rings is 2. The largest absolute Gasteiger partial charge is 0.491 e. The van der Waals surface area contributed by atoms with Crippen molar-refractivity contribution < 1.29 is 18.9 Å². The van der Waals surface area contributed by atoms with Gasteiger partial charge in [0.15, 0.2) is 6.79 Å². The molecule has 2 aliphatic rings. The monoisotopic (exact) mass is 382 g/mol. The molecule has 1 aliphatic carbocycles. The molecule has 0 radical (unpaired) electrons. The molecule has 2 fully saturated rings. The predicted molar refractivity (Wildman–Crippen MR) is 109 cm³/mol. The first-order valence-corrected chi connectivity index (χ1v) is 10.5. The highest BCUT2D eigenvalue weighted by molar-refractivity contribution is 5.43. The minimum Gasteiger partial charge on any atom is -0.491 e. The maximum Gasteiger partial charge on any atom is 0.189 e. The van der Waals surface area contributed by atoms with Gasteiger partial charge in [-0.15, -0.1) is 0 Å². The Hall–Kier alpha value is -2.04. The Bertz CT molecular complexity index is 728. The lowest BCUT2D eigenvalue weighted by Gasteiger charge is -2.38. The molecule has 4 rings (SSSR count). The van der Waals surface area contributed by atoms with Crippen LogP contribution in [0.4, 0.5) is 0 Å². The lowest BCUT2D eigenvalue weighted by atomic mass is 9.65. The second kappa shape index (κ2) is 8.97. The minimum atomic E-state index is 0.0782. The van der Waals surface area contributed by atoms with Gasteiger partial charge in [-0.25, -0.2) is 0 Å². The summed E-state index contributed by atoms with van der Waals surface area (Å²) in [5.74, 6) is 1.78. The van der Waals surface area contributed by atoms with Crippen molar-refractivity contribution in [2.75, 3.05) is 26.6 Å². The fourth-order valence-electron chi connectivity index (χ4n) is 4.19. The van der Waals surface area contributed by atoms with Gasteiger partial charge in [-0.3, -0.25) is 0 Å². The third-order valence-electron chi connectivity index (χ3n) is 5.87. The fraction of sp³-hybridized carbons (Fsp3) is 0.500. The SMILES string of the molecule is CCOCOc1ccc(C2(c3ccc(OCC4CO4)cc3)CCCCC2)cc1. The molecule has 4 heteroatoms. The van der Waals surface area contributed by atoms with Crippen LogP contribution in [-0.2, 0) is 14.9 Å². The van der Waals surface area contributed by atoms with Crippen molar-refractivity contribution in [3.05, 3.63) is 59.7 Å². The molecule has 0 N–H and O–H groups in total. The van der Waals surface area contributed by atoms with Crippen molar-refractivity contribution in [3.63, 3.8) is 0 Å². The average Bonchev–Trinajstić information content (AvgIpc) is 3.58. The van der Waals surface area contributed by atoms with Crippen LogP contribution in [-0.4, -0.2) is 32.7 Å². The molecular weight excluding hydrogens is 352 g/mol. The molecule has 0 amide bonds. The average molecular weight is 383 g/mol. The van der Waals surface area contributed by atoms with E-state index in [2.05, 4.69) is 48.5 Å². The van der Waals surface area contributed by atoms with Crippen molar-refractivity contribution in [1.82, 2.24) is 0 Å². The van der Waals surface area contributed by atoms with E-state index in [9.17, 15) is 0 Å². The summed E-state index contributed by atoms with van der Waals surface area (Å²) in [6.45, 7) is 4.40. The van der Waals surface area contributed by atoms with E-state index >= 15 is 0 Å². The molecule has 1 atom stereocenters. The van der Waals surface area contributed by atoms with Crippen LogP contribution >= 0.6 is 0 Å². The van der Waals surface area contributed by atoms with Crippen LogP contribution in [0.25, 0.3) is 0 Å². The van der Waals surface area contributed by atoms with Crippen LogP contribution in [0.3, 0.4) is 0 Å². The Balaban J connectivity index is 1.52. The van der Waals surface area contributed by atoms with Gasteiger partial charge >= 0.3 is 0 Å². The molecule has 2 aromatic carbocycles. The summed E-state index contributed by atoms with van der Waals surface area (Å²) in [4.78, 5) is 0. The predicted octanol–water partition coefficient (Wildman–Crippen LogP) is 5.09. The minimum absolute atomic E-state index is 0.0782. The number of hydrogen-bond acceptors (Lipinski definition) is 4. The van der Waals surface area contributed by atoms with Gasteiger partial charge in [0.1, 0.15) is 24.2 Å². The normalized spacial score (nSPS) is 20.5. The van der Waals surface area contributed by atoms with Crippen molar-refractivity contribution in [1.29, 1.82) is 0 Å². The van der Waals surface area contributed by atoms with E-state index in [1.165, 1.54) is 43.2 Å². The Morgan fingerprint density at radius 3 is 1.96 bits per heavy atom. The highest BCUT2D eigenvalue weighted by Gasteiger charge is 2.35. The van der Waals surface area contributed by atoms with Gasteiger partial charge in [0.2, 0.25) is 0 Å². The lowest BCUT2D eigenvalue weighted by molar-refractivity contribution is 0.0224. The third-order valence-corrected chi connectivity index (χ3v) is 5.87. The van der Waals surface area contributed by atoms with Gasteiger partial charge in [0, 0.05) is 12.0 Å². The van der Waals surface area contributed by atoms with E-state index < -0.39 is 0 Å². The zero-order valence-electron chi connectivity index (χ0n) is 16.7. The maximum absolute atomic E-state index is 5.82. The number of hydrogen-bond donors (Lipinski definition) is 0. The van der Waals surface area contributed by atoms with Gasteiger partial charge in [-0.05, 0) is 55.2 Å². The third kappa shape index (κ3) is 4.50. The first-order valence-electron chi connectivity index (χ1n) is 10.5. The Morgan fingerprint density at radius 1 is 0.857 bits per heavy atom. The number of epoxide rings is 1. The molecule has 0 spiro atoms. The summed E-state index contributed by atoms with van der Waals surface area (Å²) in [5.41, 5.74) is 2.83. The van der Waals surface area contributed by atoms with Crippen molar-refractivity contribution in [2.45, 2.75) is 50.5 Å². The molecule has 0 bridgehead atoms. The van der Waals surface area contributed by atoms with E-state index in [1.54, 1.807) is 0 Å². The quantitative estimate of drug-likeness (QED) is 0.344. The molecule has 28 heavy (non-hydrogen) atoms. The number of rotatable bonds is 9. The van der Waals surface area contributed by atoms with Crippen LogP contribution in [0.2, 0.25) is 0 Å². The highest BCUT2D eigenvalue weighted by atomic mass is 16.7. The summed E-state index contributed by atoms with van der Waals surface area (Å²) in [5, 5.41) is 0. The smallest absolute Gasteiger partial charge is 0.189 e. The summed E-state index contributed by atoms with van der Waals surface area (Å²) < 4.78 is 22.0. The van der Waals surface area contributed by atoms with Gasteiger partial charge in [0.05, 0.1) is 6.61 Å². The summed E-state index contributed by atoms with van der Waals surface area (Å²) >= 11 is 0. The second-order valence-electron chi connectivity index (χ2n) is 7.71. The van der Waals surface area contributed by atoms with Crippen LogP contribution in [0.5, 0.6) is 11.5 Å². The zero-order valence-corrected chi connectivity index (χ0v) is 16.7. The Morgan fingerprint density at radius 2 is 1.43 bits per heavy atom. The van der Waals surface area contributed by atoms with Crippen molar-refractivity contribution >= 4 is 0 Å². The molecule has 1 saturated carbocycles. The standard InChI is InChI=1S/C24H30O4/c1-2-25-18-28-22-12-8-20(9-13-22)24(14-4-3-5-15-24)19-6-10-21(11-7-19)26-16-23-17-27-23/h6-13,23H,2-5,14-18H2,1H3. The molecule has 0 aromatic heterocycles. The zero-order chi connectivity index (χ0) is 19.2. The van der Waals surface area contributed by atoms with Crippen LogP contribution in [0.1, 0.15) is 50.2 Å². The molecule has 1 saturated heterocycles. The van der Waals surface area contributed by atoms with Gasteiger partial charge in [-0.2, -0.15) is 0 Å².